The Morgan fingerprint density at radius 3 is 2.67 bits per heavy atom. The van der Waals surface area contributed by atoms with E-state index in [9.17, 15) is 4.79 Å². The summed E-state index contributed by atoms with van der Waals surface area (Å²) in [5.41, 5.74) is 6.52. The molecular formula is C22H26N4O. The molecule has 0 spiro atoms. The van der Waals surface area contributed by atoms with Crippen LogP contribution >= 0.6 is 0 Å². The summed E-state index contributed by atoms with van der Waals surface area (Å²) in [7, 11) is 7.75. The lowest BCUT2D eigenvalue weighted by Gasteiger charge is -2.36. The first-order valence-corrected chi connectivity index (χ1v) is 9.38. The molecule has 1 amide bonds. The van der Waals surface area contributed by atoms with Crippen molar-refractivity contribution in [1.29, 1.82) is 0 Å². The molecule has 4 rings (SSSR count). The van der Waals surface area contributed by atoms with Gasteiger partial charge in [0, 0.05) is 45.0 Å². The second-order valence-electron chi connectivity index (χ2n) is 7.64. The maximum Gasteiger partial charge on any atom is 0.253 e. The lowest BCUT2D eigenvalue weighted by atomic mass is 9.90. The predicted octanol–water partition coefficient (Wildman–Crippen LogP) is 3.71. The molecule has 2 aromatic carbocycles. The fourth-order valence-corrected chi connectivity index (χ4v) is 4.15. The number of benzene rings is 2. The van der Waals surface area contributed by atoms with Crippen molar-refractivity contribution in [1.82, 2.24) is 14.5 Å². The third-order valence-corrected chi connectivity index (χ3v) is 5.78. The number of para-hydroxylation sites is 1. The van der Waals surface area contributed by atoms with Gasteiger partial charge in [-0.3, -0.25) is 4.79 Å². The van der Waals surface area contributed by atoms with Gasteiger partial charge in [-0.1, -0.05) is 18.2 Å². The maximum atomic E-state index is 12.7. The molecule has 1 aromatic heterocycles. The largest absolute Gasteiger partial charge is 0.367 e. The Bertz CT molecular complexity index is 1030. The summed E-state index contributed by atoms with van der Waals surface area (Å²) in [4.78, 5) is 21.5. The van der Waals surface area contributed by atoms with Crippen LogP contribution in [0.15, 0.2) is 36.4 Å². The highest BCUT2D eigenvalue weighted by atomic mass is 16.2. The van der Waals surface area contributed by atoms with Gasteiger partial charge in [0.05, 0.1) is 17.1 Å². The fourth-order valence-electron chi connectivity index (χ4n) is 4.15. The summed E-state index contributed by atoms with van der Waals surface area (Å²) in [6, 6.07) is 12.8. The normalized spacial score (nSPS) is 16.5. The van der Waals surface area contributed by atoms with Crippen molar-refractivity contribution < 1.29 is 4.79 Å². The summed E-state index contributed by atoms with van der Waals surface area (Å²) >= 11 is 0. The molecule has 1 atom stereocenters. The van der Waals surface area contributed by atoms with E-state index in [1.54, 1.807) is 19.0 Å². The first kappa shape index (κ1) is 17.6. The zero-order chi connectivity index (χ0) is 19.3. The summed E-state index contributed by atoms with van der Waals surface area (Å²) in [5, 5.41) is 0. The van der Waals surface area contributed by atoms with E-state index in [1.165, 1.54) is 11.3 Å². The highest BCUT2D eigenvalue weighted by molar-refractivity contribution is 5.98. The second-order valence-corrected chi connectivity index (χ2v) is 7.64. The lowest BCUT2D eigenvalue weighted by Crippen LogP contribution is -2.30. The van der Waals surface area contributed by atoms with Crippen LogP contribution in [-0.4, -0.2) is 41.5 Å². The lowest BCUT2D eigenvalue weighted by molar-refractivity contribution is 0.0827. The molecule has 27 heavy (non-hydrogen) atoms. The number of aryl methyl sites for hydroxylation is 3. The molecule has 0 saturated heterocycles. The summed E-state index contributed by atoms with van der Waals surface area (Å²) in [6.45, 7) is 2.01. The van der Waals surface area contributed by atoms with Gasteiger partial charge in [0.2, 0.25) is 0 Å². The number of nitrogens with zero attached hydrogens (tertiary/aromatic N) is 4. The van der Waals surface area contributed by atoms with E-state index in [2.05, 4.69) is 40.8 Å². The smallest absolute Gasteiger partial charge is 0.253 e. The molecular weight excluding hydrogens is 336 g/mol. The van der Waals surface area contributed by atoms with Crippen LogP contribution in [-0.2, 0) is 13.5 Å². The van der Waals surface area contributed by atoms with E-state index < -0.39 is 0 Å². The van der Waals surface area contributed by atoms with Crippen LogP contribution in [0.25, 0.3) is 11.0 Å². The standard InChI is InChI=1S/C22H26N4O/c1-14-23-21-17(12-16(22(27)24(2)3)13-20(21)25(14)4)19-11-10-15-8-6-7-9-18(15)26(19)5/h6-9,12-13,19H,10-11H2,1-5H3. The number of carbonyl (C=O) groups is 1. The Kier molecular flexibility index (Phi) is 4.17. The van der Waals surface area contributed by atoms with Crippen molar-refractivity contribution in [2.75, 3.05) is 26.0 Å². The topological polar surface area (TPSA) is 41.4 Å². The van der Waals surface area contributed by atoms with Crippen LogP contribution in [0.4, 0.5) is 5.69 Å². The van der Waals surface area contributed by atoms with Crippen LogP contribution < -0.4 is 4.90 Å². The maximum absolute atomic E-state index is 12.7. The van der Waals surface area contributed by atoms with E-state index in [1.807, 2.05) is 26.1 Å². The minimum atomic E-state index is 0.0239. The van der Waals surface area contributed by atoms with Gasteiger partial charge in [0.15, 0.2) is 0 Å². The number of fused-ring (bicyclic) bond motifs is 2. The van der Waals surface area contributed by atoms with Gasteiger partial charge in [-0.05, 0) is 43.5 Å². The Morgan fingerprint density at radius 1 is 1.19 bits per heavy atom. The number of carbonyl (C=O) groups excluding carboxylic acids is 1. The average molecular weight is 362 g/mol. The van der Waals surface area contributed by atoms with E-state index >= 15 is 0 Å². The quantitative estimate of drug-likeness (QED) is 0.698. The third-order valence-electron chi connectivity index (χ3n) is 5.78. The highest BCUT2D eigenvalue weighted by Crippen LogP contribution is 2.40. The van der Waals surface area contributed by atoms with Crippen LogP contribution in [0.2, 0.25) is 0 Å². The van der Waals surface area contributed by atoms with Gasteiger partial charge in [-0.25, -0.2) is 4.98 Å². The van der Waals surface area contributed by atoms with Crippen LogP contribution in [0.3, 0.4) is 0 Å². The molecule has 1 aliphatic heterocycles. The fraction of sp³-hybridized carbons (Fsp3) is 0.364. The molecule has 1 unspecified atom stereocenters. The van der Waals surface area contributed by atoms with Crippen LogP contribution in [0, 0.1) is 6.92 Å². The summed E-state index contributed by atoms with van der Waals surface area (Å²) in [6.07, 6.45) is 2.04. The molecule has 3 aromatic rings. The van der Waals surface area contributed by atoms with E-state index in [4.69, 9.17) is 4.98 Å². The van der Waals surface area contributed by atoms with Gasteiger partial charge in [-0.2, -0.15) is 0 Å². The summed E-state index contributed by atoms with van der Waals surface area (Å²) in [5.74, 6) is 0.982. The van der Waals surface area contributed by atoms with Crippen LogP contribution in [0.5, 0.6) is 0 Å². The minimum absolute atomic E-state index is 0.0239. The first-order chi connectivity index (χ1) is 12.9. The Hall–Kier alpha value is -2.82. The Morgan fingerprint density at radius 2 is 1.93 bits per heavy atom. The predicted molar refractivity (Wildman–Crippen MR) is 109 cm³/mol. The monoisotopic (exact) mass is 362 g/mol. The number of aromatic nitrogens is 2. The molecule has 1 aliphatic rings. The van der Waals surface area contributed by atoms with Gasteiger partial charge in [0.25, 0.3) is 5.91 Å². The van der Waals surface area contributed by atoms with Gasteiger partial charge in [0.1, 0.15) is 5.82 Å². The first-order valence-electron chi connectivity index (χ1n) is 9.38. The summed E-state index contributed by atoms with van der Waals surface area (Å²) < 4.78 is 2.07. The van der Waals surface area contributed by atoms with Crippen molar-refractivity contribution in [3.05, 3.63) is 58.9 Å². The van der Waals surface area contributed by atoms with Crippen molar-refractivity contribution in [3.8, 4) is 0 Å². The number of imidazole rings is 1. The van der Waals surface area contributed by atoms with Crippen LogP contribution in [0.1, 0.15) is 39.8 Å². The number of rotatable bonds is 2. The van der Waals surface area contributed by atoms with Gasteiger partial charge < -0.3 is 14.4 Å². The van der Waals surface area contributed by atoms with Gasteiger partial charge in [-0.15, -0.1) is 0 Å². The third kappa shape index (κ3) is 2.78. The number of hydrogen-bond acceptors (Lipinski definition) is 3. The Balaban J connectivity index is 1.90. The zero-order valence-electron chi connectivity index (χ0n) is 16.7. The Labute approximate surface area is 160 Å². The van der Waals surface area contributed by atoms with Crippen molar-refractivity contribution in [3.63, 3.8) is 0 Å². The number of amides is 1. The zero-order valence-corrected chi connectivity index (χ0v) is 16.7. The molecule has 5 heteroatoms. The second kappa shape index (κ2) is 6.41. The molecule has 0 N–H and O–H groups in total. The van der Waals surface area contributed by atoms with E-state index in [-0.39, 0.29) is 11.9 Å². The molecule has 0 fully saturated rings. The van der Waals surface area contributed by atoms with Crippen molar-refractivity contribution in [2.24, 2.45) is 7.05 Å². The molecule has 2 heterocycles. The molecule has 0 radical (unpaired) electrons. The number of anilines is 1. The SMILES string of the molecule is Cc1nc2c(C3CCc4ccccc4N3C)cc(C(=O)N(C)C)cc2n1C. The molecule has 140 valence electrons. The molecule has 0 aliphatic carbocycles. The molecule has 5 nitrogen and oxygen atoms in total. The minimum Gasteiger partial charge on any atom is -0.367 e. The molecule has 0 bridgehead atoms. The highest BCUT2D eigenvalue weighted by Gasteiger charge is 2.28. The van der Waals surface area contributed by atoms with Crippen molar-refractivity contribution in [2.45, 2.75) is 25.8 Å². The van der Waals surface area contributed by atoms with E-state index in [0.29, 0.717) is 0 Å². The van der Waals surface area contributed by atoms with Gasteiger partial charge >= 0.3 is 0 Å². The molecule has 0 saturated carbocycles. The van der Waals surface area contributed by atoms with Crippen molar-refractivity contribution >= 4 is 22.6 Å². The number of hydrogen-bond donors (Lipinski definition) is 0. The van der Waals surface area contributed by atoms with E-state index in [0.717, 1.165) is 40.8 Å². The average Bonchev–Trinajstić information content (AvgIpc) is 2.95.